The number of phosphoric acid groups is 2. The van der Waals surface area contributed by atoms with E-state index in [1.54, 1.807) is 0 Å². The van der Waals surface area contributed by atoms with Gasteiger partial charge in [-0.05, 0) is 49.4 Å². The molecular formula is C74H144O17P2. The highest BCUT2D eigenvalue weighted by Gasteiger charge is 2.30. The van der Waals surface area contributed by atoms with E-state index >= 15 is 0 Å². The summed E-state index contributed by atoms with van der Waals surface area (Å²) in [6.45, 7) is 14.1. The van der Waals surface area contributed by atoms with Gasteiger partial charge in [-0.15, -0.1) is 0 Å². The van der Waals surface area contributed by atoms with Crippen molar-refractivity contribution < 1.29 is 80.2 Å². The van der Waals surface area contributed by atoms with Crippen LogP contribution in [0.1, 0.15) is 370 Å². The molecule has 3 N–H and O–H groups in total. The van der Waals surface area contributed by atoms with Crippen LogP contribution in [-0.4, -0.2) is 96.7 Å². The van der Waals surface area contributed by atoms with E-state index < -0.39 is 97.5 Å². The fourth-order valence-electron chi connectivity index (χ4n) is 11.1. The number of phosphoric ester groups is 2. The lowest BCUT2D eigenvalue weighted by Crippen LogP contribution is -2.30. The van der Waals surface area contributed by atoms with E-state index in [4.69, 9.17) is 37.0 Å². The second-order valence-corrected chi connectivity index (χ2v) is 31.0. The highest BCUT2D eigenvalue weighted by Crippen LogP contribution is 2.45. The van der Waals surface area contributed by atoms with Crippen LogP contribution in [0, 0.1) is 23.7 Å². The number of esters is 4. The van der Waals surface area contributed by atoms with Gasteiger partial charge in [0.05, 0.1) is 26.4 Å². The molecule has 4 unspecified atom stereocenters. The average Bonchev–Trinajstić information content (AvgIpc) is 3.74. The molecule has 19 heteroatoms. The summed E-state index contributed by atoms with van der Waals surface area (Å²) in [5.74, 6) is 0.908. The van der Waals surface area contributed by atoms with Crippen molar-refractivity contribution in [3.8, 4) is 0 Å². The monoisotopic (exact) mass is 1370 g/mol. The summed E-state index contributed by atoms with van der Waals surface area (Å²) in [5, 5.41) is 10.6. The zero-order valence-corrected chi connectivity index (χ0v) is 62.7. The van der Waals surface area contributed by atoms with Crippen molar-refractivity contribution in [3.63, 3.8) is 0 Å². The molecule has 0 fully saturated rings. The Morgan fingerprint density at radius 2 is 0.516 bits per heavy atom. The summed E-state index contributed by atoms with van der Waals surface area (Å²) in [6, 6.07) is 0. The summed E-state index contributed by atoms with van der Waals surface area (Å²) in [7, 11) is -9.91. The molecule has 0 amide bonds. The van der Waals surface area contributed by atoms with E-state index in [1.807, 2.05) is 0 Å². The van der Waals surface area contributed by atoms with Gasteiger partial charge in [-0.3, -0.25) is 37.3 Å². The molecule has 552 valence electrons. The number of hydrogen-bond donors (Lipinski definition) is 3. The maximum Gasteiger partial charge on any atom is 0.472 e. The predicted molar refractivity (Wildman–Crippen MR) is 377 cm³/mol. The molecule has 17 nitrogen and oxygen atoms in total. The molecule has 0 aliphatic carbocycles. The number of hydrogen-bond acceptors (Lipinski definition) is 15. The first-order chi connectivity index (χ1) is 44.7. The Bertz CT molecular complexity index is 1840. The minimum Gasteiger partial charge on any atom is -0.462 e. The normalized spacial score (nSPS) is 14.8. The van der Waals surface area contributed by atoms with E-state index in [0.29, 0.717) is 31.6 Å². The van der Waals surface area contributed by atoms with Crippen LogP contribution >= 0.6 is 15.6 Å². The highest BCUT2D eigenvalue weighted by atomic mass is 31.2. The smallest absolute Gasteiger partial charge is 0.462 e. The number of unbranched alkanes of at least 4 members (excludes halogenated alkanes) is 35. The number of carbonyl (C=O) groups is 4. The molecule has 0 aliphatic heterocycles. The quantitative estimate of drug-likeness (QED) is 0.0222. The van der Waals surface area contributed by atoms with E-state index in [0.717, 1.165) is 114 Å². The number of carbonyl (C=O) groups excluding carboxylic acids is 4. The molecule has 0 saturated heterocycles. The molecule has 93 heavy (non-hydrogen) atoms. The number of aliphatic hydroxyl groups excluding tert-OH is 1. The summed E-state index contributed by atoms with van der Waals surface area (Å²) >= 11 is 0. The molecular weight excluding hydrogens is 1220 g/mol. The van der Waals surface area contributed by atoms with Gasteiger partial charge >= 0.3 is 39.5 Å². The van der Waals surface area contributed by atoms with Gasteiger partial charge in [0.2, 0.25) is 0 Å². The fourth-order valence-corrected chi connectivity index (χ4v) is 12.7. The molecule has 7 atom stereocenters. The third-order valence-corrected chi connectivity index (χ3v) is 19.7. The summed E-state index contributed by atoms with van der Waals surface area (Å²) in [4.78, 5) is 72.6. The molecule has 0 aromatic rings. The van der Waals surface area contributed by atoms with Gasteiger partial charge in [0.25, 0.3) is 0 Å². The van der Waals surface area contributed by atoms with Crippen molar-refractivity contribution in [1.29, 1.82) is 0 Å². The van der Waals surface area contributed by atoms with Crippen LogP contribution in [0.25, 0.3) is 0 Å². The minimum atomic E-state index is -4.95. The predicted octanol–water partition coefficient (Wildman–Crippen LogP) is 21.3. The maximum absolute atomic E-state index is 13.0. The maximum atomic E-state index is 13.0. The Morgan fingerprint density at radius 1 is 0.301 bits per heavy atom. The second kappa shape index (κ2) is 63.5. The summed E-state index contributed by atoms with van der Waals surface area (Å²) in [5.41, 5.74) is 0. The first-order valence-corrected chi connectivity index (χ1v) is 41.3. The van der Waals surface area contributed by atoms with Gasteiger partial charge < -0.3 is 33.8 Å². The second-order valence-electron chi connectivity index (χ2n) is 28.1. The Labute approximate surface area is 568 Å². The lowest BCUT2D eigenvalue weighted by atomic mass is 9.99. The van der Waals surface area contributed by atoms with Gasteiger partial charge in [-0.2, -0.15) is 0 Å². The van der Waals surface area contributed by atoms with Gasteiger partial charge in [0.1, 0.15) is 19.3 Å². The Balaban J connectivity index is 5.18. The molecule has 0 aromatic carbocycles. The van der Waals surface area contributed by atoms with Crippen molar-refractivity contribution in [2.45, 2.75) is 388 Å². The lowest BCUT2D eigenvalue weighted by Gasteiger charge is -2.21. The van der Waals surface area contributed by atoms with E-state index in [-0.39, 0.29) is 25.7 Å². The molecule has 0 aromatic heterocycles. The van der Waals surface area contributed by atoms with Crippen LogP contribution in [0.5, 0.6) is 0 Å². The van der Waals surface area contributed by atoms with Gasteiger partial charge in [0.15, 0.2) is 12.2 Å². The molecule has 0 rings (SSSR count). The summed E-state index contributed by atoms with van der Waals surface area (Å²) in [6.07, 6.45) is 47.4. The van der Waals surface area contributed by atoms with Crippen LogP contribution in [0.4, 0.5) is 0 Å². The van der Waals surface area contributed by atoms with Crippen LogP contribution in [0.15, 0.2) is 0 Å². The molecule has 0 aliphatic rings. The SMILES string of the molecule is CCC(C)CCCCCCCCCCCCCCCCC(=O)OC[C@H](COP(=O)(O)OC[C@@H](O)COP(=O)(O)OC[C@@H](COC(=O)CCCCCCCCC(C)C)OC(=O)CCCCCCCCCCCCCCCC(C)C)OC(=O)CCCCCCCCC(C)CC. The van der Waals surface area contributed by atoms with Gasteiger partial charge in [-0.25, -0.2) is 9.13 Å². The minimum absolute atomic E-state index is 0.103. The molecule has 0 bridgehead atoms. The van der Waals surface area contributed by atoms with Gasteiger partial charge in [-0.1, -0.05) is 319 Å². The van der Waals surface area contributed by atoms with Crippen molar-refractivity contribution in [2.75, 3.05) is 39.6 Å². The first-order valence-electron chi connectivity index (χ1n) is 38.3. The first kappa shape index (κ1) is 91.1. The van der Waals surface area contributed by atoms with Crippen LogP contribution in [0.2, 0.25) is 0 Å². The summed E-state index contributed by atoms with van der Waals surface area (Å²) < 4.78 is 68.4. The van der Waals surface area contributed by atoms with Crippen molar-refractivity contribution in [1.82, 2.24) is 0 Å². The largest absolute Gasteiger partial charge is 0.472 e. The highest BCUT2D eigenvalue weighted by molar-refractivity contribution is 7.47. The molecule has 0 saturated carbocycles. The van der Waals surface area contributed by atoms with Crippen molar-refractivity contribution >= 4 is 39.5 Å². The van der Waals surface area contributed by atoms with E-state index in [2.05, 4.69) is 55.4 Å². The number of ether oxygens (including phenoxy) is 4. The number of aliphatic hydroxyl groups is 1. The van der Waals surface area contributed by atoms with Crippen LogP contribution < -0.4 is 0 Å². The van der Waals surface area contributed by atoms with Crippen molar-refractivity contribution in [2.24, 2.45) is 23.7 Å². The van der Waals surface area contributed by atoms with E-state index in [9.17, 15) is 43.2 Å². The molecule has 0 radical (unpaired) electrons. The molecule has 0 spiro atoms. The third-order valence-electron chi connectivity index (χ3n) is 17.8. The Morgan fingerprint density at radius 3 is 0.763 bits per heavy atom. The fraction of sp³-hybridized carbons (Fsp3) is 0.946. The number of rotatable bonds is 71. The topological polar surface area (TPSA) is 237 Å². The average molecular weight is 1370 g/mol. The van der Waals surface area contributed by atoms with Crippen LogP contribution in [0.3, 0.4) is 0 Å². The zero-order chi connectivity index (χ0) is 68.9. The van der Waals surface area contributed by atoms with Crippen LogP contribution in [-0.2, 0) is 65.4 Å². The zero-order valence-electron chi connectivity index (χ0n) is 60.9. The standard InChI is InChI=1S/C74H144O17P2/c1-9-66(7)52-44-36-27-23-19-15-11-12-16-20-24-28-38-46-54-71(76)84-60-70(91-74(79)57-49-41-33-31-37-45-53-67(8)10-2)63-89-93(82,83)87-59-68(75)58-86-92(80,81)88-62-69(61-85-72(77)55-47-39-32-30-35-43-51-65(5)6)90-73(78)56-48-40-29-25-21-17-13-14-18-22-26-34-42-50-64(3)4/h64-70,75H,9-63H2,1-8H3,(H,80,81)(H,82,83)/t66?,67?,68-,69+,70+/m0/s1. The Hall–Kier alpha value is -1.94. The van der Waals surface area contributed by atoms with E-state index in [1.165, 1.54) is 167 Å². The molecule has 0 heterocycles. The van der Waals surface area contributed by atoms with Crippen molar-refractivity contribution in [3.05, 3.63) is 0 Å². The lowest BCUT2D eigenvalue weighted by molar-refractivity contribution is -0.161. The van der Waals surface area contributed by atoms with Gasteiger partial charge in [0, 0.05) is 25.7 Å². The third kappa shape index (κ3) is 65.8. The Kier molecular flexibility index (Phi) is 62.2.